The van der Waals surface area contributed by atoms with E-state index < -0.39 is 29.9 Å². The predicted octanol–water partition coefficient (Wildman–Crippen LogP) is 1.66. The second kappa shape index (κ2) is 8.04. The largest absolute Gasteiger partial charge is 0.367 e. The lowest BCUT2D eigenvalue weighted by atomic mass is 10.1. The first-order valence-corrected chi connectivity index (χ1v) is 9.15. The molecule has 0 spiro atoms. The van der Waals surface area contributed by atoms with Crippen molar-refractivity contribution in [2.24, 2.45) is 0 Å². The van der Waals surface area contributed by atoms with Crippen LogP contribution >= 0.6 is 0 Å². The topological polar surface area (TPSA) is 66.4 Å². The van der Waals surface area contributed by atoms with Crippen LogP contribution in [0.25, 0.3) is 10.9 Å². The maximum atomic E-state index is 14.8. The van der Waals surface area contributed by atoms with Crippen LogP contribution in [-0.2, 0) is 6.54 Å². The summed E-state index contributed by atoms with van der Waals surface area (Å²) in [6.45, 7) is 6.06. The number of hydrogen-bond donors (Lipinski definition) is 2. The highest BCUT2D eigenvalue weighted by atomic mass is 19.1. The number of fused-ring (bicyclic) bond motifs is 1. The van der Waals surface area contributed by atoms with Gasteiger partial charge in [0.2, 0.25) is 5.43 Å². The van der Waals surface area contributed by atoms with E-state index in [-0.39, 0.29) is 10.9 Å². The number of rotatable bonds is 5. The zero-order valence-electron chi connectivity index (χ0n) is 15.5. The average molecular weight is 378 g/mol. The van der Waals surface area contributed by atoms with E-state index in [1.165, 1.54) is 19.2 Å². The van der Waals surface area contributed by atoms with Crippen LogP contribution < -0.4 is 21.0 Å². The fraction of sp³-hybridized carbons (Fsp3) is 0.474. The van der Waals surface area contributed by atoms with Gasteiger partial charge in [-0.25, -0.2) is 8.78 Å². The summed E-state index contributed by atoms with van der Waals surface area (Å²) in [7, 11) is 0. The van der Waals surface area contributed by atoms with Gasteiger partial charge in [0.05, 0.1) is 17.2 Å². The molecule has 1 amide bonds. The van der Waals surface area contributed by atoms with Gasteiger partial charge in [0.25, 0.3) is 5.91 Å². The van der Waals surface area contributed by atoms with Gasteiger partial charge < -0.3 is 20.1 Å². The number of anilines is 1. The number of hydrogen-bond acceptors (Lipinski definition) is 4. The number of halogens is 2. The van der Waals surface area contributed by atoms with Crippen molar-refractivity contribution >= 4 is 22.5 Å². The number of benzene rings is 1. The number of pyridine rings is 1. The van der Waals surface area contributed by atoms with E-state index in [1.54, 1.807) is 10.6 Å². The van der Waals surface area contributed by atoms with Crippen molar-refractivity contribution in [1.29, 1.82) is 0 Å². The SMILES string of the molecule is CCn1cc(C(=O)NC(C)CF)c(=O)c2cc(F)c(N3CCNCC3)cc21. The Bertz CT molecular complexity index is 907. The van der Waals surface area contributed by atoms with Gasteiger partial charge in [-0.1, -0.05) is 0 Å². The molecule has 0 aliphatic carbocycles. The highest BCUT2D eigenvalue weighted by molar-refractivity contribution is 5.98. The van der Waals surface area contributed by atoms with Crippen LogP contribution in [0, 0.1) is 5.82 Å². The molecule has 0 radical (unpaired) electrons. The summed E-state index contributed by atoms with van der Waals surface area (Å²) in [5.74, 6) is -1.14. The lowest BCUT2D eigenvalue weighted by Gasteiger charge is -2.30. The van der Waals surface area contributed by atoms with Crippen LogP contribution in [-0.4, -0.2) is 49.4 Å². The summed E-state index contributed by atoms with van der Waals surface area (Å²) >= 11 is 0. The number of alkyl halides is 1. The van der Waals surface area contributed by atoms with Gasteiger partial charge in [-0.05, 0) is 26.0 Å². The van der Waals surface area contributed by atoms with Crippen molar-refractivity contribution in [1.82, 2.24) is 15.2 Å². The number of piperazine rings is 1. The van der Waals surface area contributed by atoms with E-state index >= 15 is 0 Å². The number of nitrogens with one attached hydrogen (secondary N) is 2. The Labute approximate surface area is 156 Å². The van der Waals surface area contributed by atoms with Crippen molar-refractivity contribution in [3.8, 4) is 0 Å². The number of aromatic nitrogens is 1. The van der Waals surface area contributed by atoms with Gasteiger partial charge in [-0.3, -0.25) is 9.59 Å². The number of amides is 1. The summed E-state index contributed by atoms with van der Waals surface area (Å²) < 4.78 is 29.2. The van der Waals surface area contributed by atoms with Crippen molar-refractivity contribution < 1.29 is 13.6 Å². The molecule has 2 N–H and O–H groups in total. The standard InChI is InChI=1S/C19H24F2N4O2/c1-3-24-11-14(19(27)23-12(2)10-20)18(26)13-8-15(21)17(9-16(13)24)25-6-4-22-5-7-25/h8-9,11-12,22H,3-7,10H2,1-2H3,(H,23,27). The van der Waals surface area contributed by atoms with Gasteiger partial charge in [0.1, 0.15) is 18.1 Å². The number of carbonyl (C=O) groups excluding carboxylic acids is 1. The smallest absolute Gasteiger partial charge is 0.257 e. The monoisotopic (exact) mass is 378 g/mol. The Hall–Kier alpha value is -2.48. The minimum Gasteiger partial charge on any atom is -0.367 e. The predicted molar refractivity (Wildman–Crippen MR) is 102 cm³/mol. The molecule has 1 atom stereocenters. The summed E-state index contributed by atoms with van der Waals surface area (Å²) in [5.41, 5.74) is 0.365. The zero-order chi connectivity index (χ0) is 19.6. The summed E-state index contributed by atoms with van der Waals surface area (Å²) in [4.78, 5) is 27.1. The lowest BCUT2D eigenvalue weighted by Crippen LogP contribution is -2.44. The van der Waals surface area contributed by atoms with Gasteiger partial charge in [0.15, 0.2) is 0 Å². The Kier molecular flexibility index (Phi) is 5.74. The maximum absolute atomic E-state index is 14.8. The second-order valence-corrected chi connectivity index (χ2v) is 6.74. The number of carbonyl (C=O) groups is 1. The average Bonchev–Trinajstić information content (AvgIpc) is 2.68. The third-order valence-corrected chi connectivity index (χ3v) is 4.80. The number of nitrogens with zero attached hydrogens (tertiary/aromatic N) is 2. The van der Waals surface area contributed by atoms with E-state index in [9.17, 15) is 18.4 Å². The molecule has 6 nitrogen and oxygen atoms in total. The molecule has 3 rings (SSSR count). The first-order valence-electron chi connectivity index (χ1n) is 9.15. The van der Waals surface area contributed by atoms with Gasteiger partial charge in [-0.15, -0.1) is 0 Å². The van der Waals surface area contributed by atoms with Crippen LogP contribution in [0.5, 0.6) is 0 Å². The Balaban J connectivity index is 2.11. The molecule has 1 saturated heterocycles. The van der Waals surface area contributed by atoms with E-state index in [0.29, 0.717) is 30.8 Å². The first-order chi connectivity index (χ1) is 13.0. The van der Waals surface area contributed by atoms with Crippen molar-refractivity contribution in [2.75, 3.05) is 37.8 Å². The third kappa shape index (κ3) is 3.80. The second-order valence-electron chi connectivity index (χ2n) is 6.74. The van der Waals surface area contributed by atoms with Gasteiger partial charge in [0, 0.05) is 44.3 Å². The fourth-order valence-electron chi connectivity index (χ4n) is 3.31. The maximum Gasteiger partial charge on any atom is 0.257 e. The van der Waals surface area contributed by atoms with Crippen LogP contribution in [0.4, 0.5) is 14.5 Å². The molecule has 1 aromatic heterocycles. The highest BCUT2D eigenvalue weighted by Crippen LogP contribution is 2.25. The molecule has 1 aliphatic rings. The molecule has 1 fully saturated rings. The summed E-state index contributed by atoms with van der Waals surface area (Å²) in [6, 6.07) is 2.18. The first kappa shape index (κ1) is 19.3. The zero-order valence-corrected chi connectivity index (χ0v) is 15.5. The van der Waals surface area contributed by atoms with Crippen molar-refractivity contribution in [3.63, 3.8) is 0 Å². The van der Waals surface area contributed by atoms with E-state index in [2.05, 4.69) is 10.6 Å². The quantitative estimate of drug-likeness (QED) is 0.831. The molecule has 2 heterocycles. The molecule has 1 unspecified atom stereocenters. The fourth-order valence-corrected chi connectivity index (χ4v) is 3.31. The van der Waals surface area contributed by atoms with E-state index in [0.717, 1.165) is 13.1 Å². The van der Waals surface area contributed by atoms with Crippen LogP contribution in [0.2, 0.25) is 0 Å². The van der Waals surface area contributed by atoms with Crippen molar-refractivity contribution in [2.45, 2.75) is 26.4 Å². The summed E-state index contributed by atoms with van der Waals surface area (Å²) in [5, 5.41) is 5.81. The molecule has 1 aliphatic heterocycles. The Morgan fingerprint density at radius 3 is 2.67 bits per heavy atom. The Morgan fingerprint density at radius 1 is 1.33 bits per heavy atom. The van der Waals surface area contributed by atoms with Crippen LogP contribution in [0.3, 0.4) is 0 Å². The highest BCUT2D eigenvalue weighted by Gasteiger charge is 2.21. The van der Waals surface area contributed by atoms with E-state index in [1.807, 2.05) is 11.8 Å². The molecule has 0 saturated carbocycles. The summed E-state index contributed by atoms with van der Waals surface area (Å²) in [6.07, 6.45) is 1.46. The molecule has 2 aromatic rings. The third-order valence-electron chi connectivity index (χ3n) is 4.80. The molecular formula is C19H24F2N4O2. The van der Waals surface area contributed by atoms with Crippen LogP contribution in [0.15, 0.2) is 23.1 Å². The minimum absolute atomic E-state index is 0.112. The van der Waals surface area contributed by atoms with E-state index in [4.69, 9.17) is 0 Å². The lowest BCUT2D eigenvalue weighted by molar-refractivity contribution is 0.0932. The van der Waals surface area contributed by atoms with Gasteiger partial charge in [-0.2, -0.15) is 0 Å². The minimum atomic E-state index is -0.732. The molecular weight excluding hydrogens is 354 g/mol. The normalized spacial score (nSPS) is 15.8. The molecule has 0 bridgehead atoms. The number of aryl methyl sites for hydroxylation is 1. The van der Waals surface area contributed by atoms with Crippen LogP contribution in [0.1, 0.15) is 24.2 Å². The van der Waals surface area contributed by atoms with Gasteiger partial charge >= 0.3 is 0 Å². The Morgan fingerprint density at radius 2 is 2.04 bits per heavy atom. The molecule has 27 heavy (non-hydrogen) atoms. The molecule has 8 heteroatoms. The van der Waals surface area contributed by atoms with Crippen molar-refractivity contribution in [3.05, 3.63) is 39.9 Å². The molecule has 146 valence electrons. The molecule has 1 aromatic carbocycles.